The summed E-state index contributed by atoms with van der Waals surface area (Å²) in [5.41, 5.74) is -1.17. The van der Waals surface area contributed by atoms with Gasteiger partial charge in [0.1, 0.15) is 0 Å². The molecule has 1 aliphatic rings. The smallest absolute Gasteiger partial charge is 0.353 e. The number of halogens is 3. The number of carbonyl (C=O) groups excluding carboxylic acids is 1. The van der Waals surface area contributed by atoms with Gasteiger partial charge in [0, 0.05) is 25.0 Å². The lowest BCUT2D eigenvalue weighted by atomic mass is 9.96. The number of hydrogen-bond acceptors (Lipinski definition) is 3. The van der Waals surface area contributed by atoms with Crippen LogP contribution in [0, 0.1) is 5.92 Å². The van der Waals surface area contributed by atoms with E-state index in [9.17, 15) is 26.4 Å². The summed E-state index contributed by atoms with van der Waals surface area (Å²) in [5.74, 6) is -0.439. The summed E-state index contributed by atoms with van der Waals surface area (Å²) < 4.78 is 66.0. The lowest BCUT2D eigenvalue weighted by Gasteiger charge is -2.32. The largest absolute Gasteiger partial charge is 0.417 e. The van der Waals surface area contributed by atoms with Crippen LogP contribution in [-0.2, 0) is 21.0 Å². The summed E-state index contributed by atoms with van der Waals surface area (Å²) in [6.45, 7) is 3.99. The molecule has 1 aliphatic heterocycles. The van der Waals surface area contributed by atoms with Gasteiger partial charge in [0.15, 0.2) is 0 Å². The molecule has 1 saturated heterocycles. The van der Waals surface area contributed by atoms with Gasteiger partial charge in [-0.05, 0) is 37.8 Å². The molecule has 1 aromatic carbocycles. The Morgan fingerprint density at radius 3 is 2.26 bits per heavy atom. The van der Waals surface area contributed by atoms with Crippen LogP contribution >= 0.6 is 0 Å². The van der Waals surface area contributed by atoms with Gasteiger partial charge in [0.25, 0.3) is 0 Å². The van der Waals surface area contributed by atoms with E-state index in [2.05, 4.69) is 5.32 Å². The zero-order chi connectivity index (χ0) is 20.2. The quantitative estimate of drug-likeness (QED) is 0.787. The van der Waals surface area contributed by atoms with E-state index in [-0.39, 0.29) is 31.0 Å². The van der Waals surface area contributed by atoms with E-state index in [0.29, 0.717) is 12.8 Å². The molecule has 9 heteroatoms. The highest BCUT2D eigenvalue weighted by atomic mass is 32.2. The third kappa shape index (κ3) is 5.01. The average molecular weight is 406 g/mol. The molecule has 1 N–H and O–H groups in total. The number of benzene rings is 1. The molecule has 0 saturated carbocycles. The van der Waals surface area contributed by atoms with Crippen molar-refractivity contribution in [3.05, 3.63) is 29.8 Å². The molecule has 1 heterocycles. The van der Waals surface area contributed by atoms with Gasteiger partial charge in [-0.3, -0.25) is 4.79 Å². The fourth-order valence-corrected chi connectivity index (χ4v) is 4.92. The summed E-state index contributed by atoms with van der Waals surface area (Å²) >= 11 is 0. The Morgan fingerprint density at radius 1 is 1.19 bits per heavy atom. The molecule has 0 radical (unpaired) electrons. The number of carbonyl (C=O) groups is 1. The van der Waals surface area contributed by atoms with Crippen LogP contribution in [0.4, 0.5) is 13.2 Å². The van der Waals surface area contributed by atoms with E-state index >= 15 is 0 Å². The molecular weight excluding hydrogens is 381 g/mol. The second-order valence-corrected chi connectivity index (χ2v) is 8.60. The van der Waals surface area contributed by atoms with Crippen LogP contribution in [-0.4, -0.2) is 37.8 Å². The van der Waals surface area contributed by atoms with Gasteiger partial charge >= 0.3 is 6.18 Å². The number of alkyl halides is 3. The van der Waals surface area contributed by atoms with Gasteiger partial charge in [-0.2, -0.15) is 17.5 Å². The molecule has 0 bridgehead atoms. The number of rotatable bonds is 6. The second-order valence-electron chi connectivity index (χ2n) is 6.69. The van der Waals surface area contributed by atoms with Gasteiger partial charge < -0.3 is 5.32 Å². The number of nitrogens with zero attached hydrogens (tertiary/aromatic N) is 1. The SMILES string of the molecule is CCC(CC)NC(=O)C1CCN(S(=O)(=O)c2ccccc2C(F)(F)F)CC1. The van der Waals surface area contributed by atoms with Crippen molar-refractivity contribution in [1.29, 1.82) is 0 Å². The van der Waals surface area contributed by atoms with E-state index in [1.165, 1.54) is 6.07 Å². The maximum absolute atomic E-state index is 13.2. The van der Waals surface area contributed by atoms with Gasteiger partial charge in [-0.15, -0.1) is 0 Å². The molecule has 1 aromatic rings. The molecule has 152 valence electrons. The summed E-state index contributed by atoms with van der Waals surface area (Å²) in [6.07, 6.45) is -2.55. The number of nitrogens with one attached hydrogen (secondary N) is 1. The van der Waals surface area contributed by atoms with Crippen LogP contribution in [0.1, 0.15) is 45.1 Å². The lowest BCUT2D eigenvalue weighted by molar-refractivity contribution is -0.139. The molecule has 0 aliphatic carbocycles. The first-order valence-corrected chi connectivity index (χ1v) is 10.5. The van der Waals surface area contributed by atoms with Crippen molar-refractivity contribution in [3.63, 3.8) is 0 Å². The molecule has 0 atom stereocenters. The highest BCUT2D eigenvalue weighted by Crippen LogP contribution is 2.36. The van der Waals surface area contributed by atoms with E-state index < -0.39 is 26.7 Å². The molecule has 1 amide bonds. The van der Waals surface area contributed by atoms with E-state index in [4.69, 9.17) is 0 Å². The first kappa shape index (κ1) is 21.7. The number of hydrogen-bond donors (Lipinski definition) is 1. The molecule has 2 rings (SSSR count). The molecule has 0 unspecified atom stereocenters. The third-order valence-corrected chi connectivity index (χ3v) is 6.92. The Labute approximate surface area is 158 Å². The van der Waals surface area contributed by atoms with Crippen LogP contribution in [0.25, 0.3) is 0 Å². The summed E-state index contributed by atoms with van der Waals surface area (Å²) in [5, 5.41) is 2.94. The van der Waals surface area contributed by atoms with Crippen molar-refractivity contribution in [2.45, 2.75) is 56.6 Å². The Hall–Kier alpha value is -1.61. The van der Waals surface area contributed by atoms with Crippen LogP contribution < -0.4 is 5.32 Å². The van der Waals surface area contributed by atoms with Gasteiger partial charge in [0.05, 0.1) is 10.5 Å². The maximum atomic E-state index is 13.2. The number of sulfonamides is 1. The minimum Gasteiger partial charge on any atom is -0.353 e. The summed E-state index contributed by atoms with van der Waals surface area (Å²) in [7, 11) is -4.28. The fourth-order valence-electron chi connectivity index (χ4n) is 3.24. The molecular formula is C18H25F3N2O3S. The highest BCUT2D eigenvalue weighted by molar-refractivity contribution is 7.89. The van der Waals surface area contributed by atoms with E-state index in [1.807, 2.05) is 13.8 Å². The molecule has 27 heavy (non-hydrogen) atoms. The van der Waals surface area contributed by atoms with Crippen LogP contribution in [0.3, 0.4) is 0 Å². The van der Waals surface area contributed by atoms with Crippen LogP contribution in [0.15, 0.2) is 29.2 Å². The zero-order valence-corrected chi connectivity index (χ0v) is 16.2. The Bertz CT molecular complexity index is 753. The Morgan fingerprint density at radius 2 is 1.74 bits per heavy atom. The molecule has 0 aromatic heterocycles. The Balaban J connectivity index is 2.11. The van der Waals surface area contributed by atoms with Crippen molar-refractivity contribution in [1.82, 2.24) is 9.62 Å². The first-order valence-electron chi connectivity index (χ1n) is 9.08. The van der Waals surface area contributed by atoms with Crippen molar-refractivity contribution >= 4 is 15.9 Å². The number of amides is 1. The molecule has 1 fully saturated rings. The topological polar surface area (TPSA) is 66.5 Å². The van der Waals surface area contributed by atoms with Crippen molar-refractivity contribution in [3.8, 4) is 0 Å². The van der Waals surface area contributed by atoms with E-state index in [0.717, 1.165) is 35.3 Å². The third-order valence-electron chi connectivity index (χ3n) is 4.97. The maximum Gasteiger partial charge on any atom is 0.417 e. The van der Waals surface area contributed by atoms with Crippen molar-refractivity contribution < 1.29 is 26.4 Å². The predicted octanol–water partition coefficient (Wildman–Crippen LogP) is 3.41. The number of piperidine rings is 1. The normalized spacial score (nSPS) is 17.3. The molecule has 5 nitrogen and oxygen atoms in total. The fraction of sp³-hybridized carbons (Fsp3) is 0.611. The summed E-state index contributed by atoms with van der Waals surface area (Å²) in [6, 6.07) is 4.26. The van der Waals surface area contributed by atoms with E-state index in [1.54, 1.807) is 0 Å². The van der Waals surface area contributed by atoms with Crippen molar-refractivity contribution in [2.24, 2.45) is 5.92 Å². The van der Waals surface area contributed by atoms with Gasteiger partial charge in [0.2, 0.25) is 15.9 Å². The predicted molar refractivity (Wildman–Crippen MR) is 95.4 cm³/mol. The lowest BCUT2D eigenvalue weighted by Crippen LogP contribution is -2.45. The van der Waals surface area contributed by atoms with Crippen LogP contribution in [0.5, 0.6) is 0 Å². The van der Waals surface area contributed by atoms with Crippen molar-refractivity contribution in [2.75, 3.05) is 13.1 Å². The monoisotopic (exact) mass is 406 g/mol. The van der Waals surface area contributed by atoms with Crippen LogP contribution in [0.2, 0.25) is 0 Å². The minimum absolute atomic E-state index is 0.0233. The first-order chi connectivity index (χ1) is 12.6. The standard InChI is InChI=1S/C18H25F3N2O3S/c1-3-14(4-2)22-17(24)13-9-11-23(12-10-13)27(25,26)16-8-6-5-7-15(16)18(19,20)21/h5-8,13-14H,3-4,9-12H2,1-2H3,(H,22,24). The highest BCUT2D eigenvalue weighted by Gasteiger charge is 2.40. The van der Waals surface area contributed by atoms with Gasteiger partial charge in [-0.25, -0.2) is 8.42 Å². The van der Waals surface area contributed by atoms with Gasteiger partial charge in [-0.1, -0.05) is 26.0 Å². The average Bonchev–Trinajstić information content (AvgIpc) is 2.65. The summed E-state index contributed by atoms with van der Waals surface area (Å²) in [4.78, 5) is 11.6. The Kier molecular flexibility index (Phi) is 6.91. The molecule has 0 spiro atoms. The minimum atomic E-state index is -4.75. The zero-order valence-electron chi connectivity index (χ0n) is 15.4. The second kappa shape index (κ2) is 8.60.